The predicted octanol–water partition coefficient (Wildman–Crippen LogP) is 2.17. The number of aromatic nitrogens is 2. The maximum Gasteiger partial charge on any atom is 0.408 e. The first kappa shape index (κ1) is 11.4. The highest BCUT2D eigenvalue weighted by Gasteiger charge is 2.30. The lowest BCUT2D eigenvalue weighted by molar-refractivity contribution is -0.142. The van der Waals surface area contributed by atoms with Crippen molar-refractivity contribution in [1.82, 2.24) is 14.7 Å². The van der Waals surface area contributed by atoms with E-state index in [4.69, 9.17) is 0 Å². The van der Waals surface area contributed by atoms with Crippen LogP contribution in [0.15, 0.2) is 6.20 Å². The molecule has 1 aliphatic rings. The molecule has 0 aromatic carbocycles. The Hall–Kier alpha value is -1.04. The standard InChI is InChI=1S/C10H14F3N3/c1-7(2)15-3-8-4-16(6-10(11,12)13)14-9(8)5-15/h4,7H,3,5-6H2,1-2H3. The van der Waals surface area contributed by atoms with E-state index in [0.29, 0.717) is 19.1 Å². The quantitative estimate of drug-likeness (QED) is 0.780. The normalized spacial score (nSPS) is 17.1. The average Bonchev–Trinajstić information content (AvgIpc) is 2.56. The number of nitrogens with zero attached hydrogens (tertiary/aromatic N) is 3. The van der Waals surface area contributed by atoms with Gasteiger partial charge in [-0.15, -0.1) is 0 Å². The maximum absolute atomic E-state index is 12.1. The summed E-state index contributed by atoms with van der Waals surface area (Å²) in [5.41, 5.74) is 1.69. The fourth-order valence-corrected chi connectivity index (χ4v) is 1.86. The van der Waals surface area contributed by atoms with Gasteiger partial charge in [-0.05, 0) is 13.8 Å². The fraction of sp³-hybridized carbons (Fsp3) is 0.700. The van der Waals surface area contributed by atoms with E-state index in [0.717, 1.165) is 15.9 Å². The van der Waals surface area contributed by atoms with Crippen LogP contribution >= 0.6 is 0 Å². The zero-order chi connectivity index (χ0) is 11.9. The van der Waals surface area contributed by atoms with Crippen molar-refractivity contribution < 1.29 is 13.2 Å². The second-order valence-electron chi connectivity index (χ2n) is 4.41. The van der Waals surface area contributed by atoms with Crippen LogP contribution in [0.5, 0.6) is 0 Å². The highest BCUT2D eigenvalue weighted by molar-refractivity contribution is 5.21. The van der Waals surface area contributed by atoms with Gasteiger partial charge in [-0.25, -0.2) is 0 Å². The molecule has 0 unspecified atom stereocenters. The lowest BCUT2D eigenvalue weighted by Gasteiger charge is -2.19. The predicted molar refractivity (Wildman–Crippen MR) is 52.7 cm³/mol. The lowest BCUT2D eigenvalue weighted by atomic mass is 10.3. The summed E-state index contributed by atoms with van der Waals surface area (Å²) in [7, 11) is 0. The molecule has 0 fully saturated rings. The Bertz CT molecular complexity index is 358. The van der Waals surface area contributed by atoms with E-state index in [1.165, 1.54) is 6.20 Å². The Morgan fingerprint density at radius 1 is 1.38 bits per heavy atom. The van der Waals surface area contributed by atoms with Crippen molar-refractivity contribution in [2.24, 2.45) is 0 Å². The van der Waals surface area contributed by atoms with Gasteiger partial charge in [-0.3, -0.25) is 9.58 Å². The van der Waals surface area contributed by atoms with Crippen LogP contribution in [-0.4, -0.2) is 26.9 Å². The minimum Gasteiger partial charge on any atom is -0.291 e. The SMILES string of the molecule is CC(C)N1Cc2cn(CC(F)(F)F)nc2C1. The molecule has 1 aromatic heterocycles. The Balaban J connectivity index is 2.07. The molecule has 0 atom stereocenters. The third kappa shape index (κ3) is 2.37. The van der Waals surface area contributed by atoms with Crippen molar-refractivity contribution in [3.8, 4) is 0 Å². The Kier molecular flexibility index (Phi) is 2.69. The first-order valence-corrected chi connectivity index (χ1v) is 5.21. The summed E-state index contributed by atoms with van der Waals surface area (Å²) in [5, 5.41) is 3.96. The van der Waals surface area contributed by atoms with E-state index >= 15 is 0 Å². The van der Waals surface area contributed by atoms with Gasteiger partial charge in [-0.1, -0.05) is 0 Å². The van der Waals surface area contributed by atoms with Gasteiger partial charge in [0.2, 0.25) is 0 Å². The summed E-state index contributed by atoms with van der Waals surface area (Å²) in [5.74, 6) is 0. The van der Waals surface area contributed by atoms with Crippen LogP contribution in [0.2, 0.25) is 0 Å². The number of hydrogen-bond acceptors (Lipinski definition) is 2. The van der Waals surface area contributed by atoms with Gasteiger partial charge in [0.15, 0.2) is 0 Å². The van der Waals surface area contributed by atoms with Crippen molar-refractivity contribution in [2.45, 2.75) is 45.7 Å². The van der Waals surface area contributed by atoms with E-state index < -0.39 is 12.7 Å². The zero-order valence-electron chi connectivity index (χ0n) is 9.25. The van der Waals surface area contributed by atoms with E-state index in [1.807, 2.05) is 0 Å². The Labute approximate surface area is 91.8 Å². The van der Waals surface area contributed by atoms with Gasteiger partial charge in [0, 0.05) is 30.9 Å². The van der Waals surface area contributed by atoms with Gasteiger partial charge in [0.05, 0.1) is 5.69 Å². The van der Waals surface area contributed by atoms with E-state index in [1.54, 1.807) is 0 Å². The number of fused-ring (bicyclic) bond motifs is 1. The monoisotopic (exact) mass is 233 g/mol. The molecular weight excluding hydrogens is 219 g/mol. The summed E-state index contributed by atoms with van der Waals surface area (Å²) in [6.07, 6.45) is -2.69. The van der Waals surface area contributed by atoms with E-state index in [2.05, 4.69) is 23.8 Å². The summed E-state index contributed by atoms with van der Waals surface area (Å²) in [6.45, 7) is 4.48. The molecule has 1 aliphatic heterocycles. The number of hydrogen-bond donors (Lipinski definition) is 0. The Morgan fingerprint density at radius 2 is 2.06 bits per heavy atom. The van der Waals surface area contributed by atoms with Crippen LogP contribution in [0.25, 0.3) is 0 Å². The summed E-state index contributed by atoms with van der Waals surface area (Å²) >= 11 is 0. The molecule has 0 saturated carbocycles. The molecule has 16 heavy (non-hydrogen) atoms. The molecule has 0 N–H and O–H groups in total. The molecule has 3 nitrogen and oxygen atoms in total. The lowest BCUT2D eigenvalue weighted by Crippen LogP contribution is -2.25. The molecule has 90 valence electrons. The van der Waals surface area contributed by atoms with Crippen LogP contribution in [0, 0.1) is 0 Å². The molecule has 0 saturated heterocycles. The van der Waals surface area contributed by atoms with Crippen LogP contribution < -0.4 is 0 Å². The summed E-state index contributed by atoms with van der Waals surface area (Å²) in [6, 6.07) is 0.394. The van der Waals surface area contributed by atoms with Crippen LogP contribution in [0.3, 0.4) is 0 Å². The Morgan fingerprint density at radius 3 is 2.56 bits per heavy atom. The minimum atomic E-state index is -4.20. The van der Waals surface area contributed by atoms with Crippen molar-refractivity contribution in [2.75, 3.05) is 0 Å². The first-order chi connectivity index (χ1) is 7.35. The molecule has 0 bridgehead atoms. The molecule has 6 heteroatoms. The summed E-state index contributed by atoms with van der Waals surface area (Å²) < 4.78 is 37.4. The van der Waals surface area contributed by atoms with Crippen molar-refractivity contribution >= 4 is 0 Å². The van der Waals surface area contributed by atoms with E-state index in [9.17, 15) is 13.2 Å². The van der Waals surface area contributed by atoms with Crippen molar-refractivity contribution in [3.05, 3.63) is 17.5 Å². The smallest absolute Gasteiger partial charge is 0.291 e. The third-order valence-electron chi connectivity index (χ3n) is 2.72. The van der Waals surface area contributed by atoms with E-state index in [-0.39, 0.29) is 0 Å². The molecule has 0 amide bonds. The molecule has 2 rings (SSSR count). The zero-order valence-corrected chi connectivity index (χ0v) is 9.25. The van der Waals surface area contributed by atoms with Gasteiger partial charge in [-0.2, -0.15) is 18.3 Å². The second kappa shape index (κ2) is 3.76. The van der Waals surface area contributed by atoms with Gasteiger partial charge < -0.3 is 0 Å². The third-order valence-corrected chi connectivity index (χ3v) is 2.72. The number of halogens is 3. The molecule has 0 spiro atoms. The van der Waals surface area contributed by atoms with Gasteiger partial charge in [0.25, 0.3) is 0 Å². The summed E-state index contributed by atoms with van der Waals surface area (Å²) in [4.78, 5) is 2.18. The number of alkyl halides is 3. The van der Waals surface area contributed by atoms with Crippen LogP contribution in [0.4, 0.5) is 13.2 Å². The molecule has 2 heterocycles. The highest BCUT2D eigenvalue weighted by Crippen LogP contribution is 2.25. The van der Waals surface area contributed by atoms with Gasteiger partial charge >= 0.3 is 6.18 Å². The molecular formula is C10H14F3N3. The highest BCUT2D eigenvalue weighted by atomic mass is 19.4. The maximum atomic E-state index is 12.1. The molecule has 0 aliphatic carbocycles. The van der Waals surface area contributed by atoms with Crippen molar-refractivity contribution in [3.63, 3.8) is 0 Å². The average molecular weight is 233 g/mol. The topological polar surface area (TPSA) is 21.1 Å². The number of rotatable bonds is 2. The fourth-order valence-electron chi connectivity index (χ4n) is 1.86. The molecule has 1 aromatic rings. The largest absolute Gasteiger partial charge is 0.408 e. The van der Waals surface area contributed by atoms with Crippen molar-refractivity contribution in [1.29, 1.82) is 0 Å². The van der Waals surface area contributed by atoms with Crippen LogP contribution in [-0.2, 0) is 19.6 Å². The molecule has 0 radical (unpaired) electrons. The first-order valence-electron chi connectivity index (χ1n) is 5.21. The second-order valence-corrected chi connectivity index (χ2v) is 4.41. The minimum absolute atomic E-state index is 0.394. The van der Waals surface area contributed by atoms with Gasteiger partial charge in [0.1, 0.15) is 6.54 Å². The van der Waals surface area contributed by atoms with Crippen LogP contribution in [0.1, 0.15) is 25.1 Å².